The summed E-state index contributed by atoms with van der Waals surface area (Å²) < 4.78 is 57.7. The van der Waals surface area contributed by atoms with E-state index in [1.54, 1.807) is 11.3 Å². The number of urea groups is 1. The lowest BCUT2D eigenvalue weighted by Gasteiger charge is -2.33. The van der Waals surface area contributed by atoms with E-state index in [-0.39, 0.29) is 24.0 Å². The lowest BCUT2D eigenvalue weighted by atomic mass is 10.0. The summed E-state index contributed by atoms with van der Waals surface area (Å²) in [6.07, 6.45) is -2.38. The number of halogens is 4. The number of carbonyl (C=O) groups is 1. The van der Waals surface area contributed by atoms with Gasteiger partial charge in [-0.15, -0.1) is 11.3 Å². The van der Waals surface area contributed by atoms with Gasteiger partial charge < -0.3 is 20.3 Å². The molecule has 0 spiro atoms. The van der Waals surface area contributed by atoms with E-state index in [1.165, 1.54) is 36.4 Å². The number of anilines is 1. The molecule has 2 aromatic carbocycles. The number of hydrogen-bond acceptors (Lipinski definition) is 4. The second-order valence-corrected chi connectivity index (χ2v) is 9.63. The number of likely N-dealkylation sites (tertiary alicyclic amines) is 1. The van der Waals surface area contributed by atoms with E-state index in [0.29, 0.717) is 17.9 Å². The van der Waals surface area contributed by atoms with Crippen molar-refractivity contribution in [2.24, 2.45) is 0 Å². The summed E-state index contributed by atoms with van der Waals surface area (Å²) in [7, 11) is 0. The highest BCUT2D eigenvalue weighted by molar-refractivity contribution is 7.10. The highest BCUT2D eigenvalue weighted by Gasteiger charge is 2.30. The molecule has 36 heavy (non-hydrogen) atoms. The van der Waals surface area contributed by atoms with Gasteiger partial charge in [0.2, 0.25) is 0 Å². The number of hydrogen-bond donors (Lipinski definition) is 2. The molecule has 1 aromatic heterocycles. The molecule has 2 heterocycles. The lowest BCUT2D eigenvalue weighted by Crippen LogP contribution is -2.46. The van der Waals surface area contributed by atoms with Gasteiger partial charge in [0.1, 0.15) is 17.7 Å². The van der Waals surface area contributed by atoms with Crippen LogP contribution in [0.5, 0.6) is 5.75 Å². The minimum absolute atomic E-state index is 0.0400. The third-order valence-electron chi connectivity index (χ3n) is 6.05. The number of carbonyl (C=O) groups excluding carboxylic acids is 1. The van der Waals surface area contributed by atoms with Crippen LogP contribution in [-0.2, 0) is 6.18 Å². The second-order valence-electron chi connectivity index (χ2n) is 8.65. The first-order valence-corrected chi connectivity index (χ1v) is 12.6. The Balaban J connectivity index is 1.25. The Morgan fingerprint density at radius 3 is 2.36 bits per heavy atom. The maximum atomic E-state index is 13.0. The van der Waals surface area contributed by atoms with Gasteiger partial charge >= 0.3 is 12.2 Å². The number of rotatable bonds is 8. The maximum absolute atomic E-state index is 13.0. The molecule has 1 aliphatic heterocycles. The van der Waals surface area contributed by atoms with Gasteiger partial charge in [-0.2, -0.15) is 13.2 Å². The summed E-state index contributed by atoms with van der Waals surface area (Å²) >= 11 is 1.55. The molecule has 0 radical (unpaired) electrons. The minimum atomic E-state index is -4.38. The molecule has 2 amide bonds. The molecule has 3 aromatic rings. The SMILES string of the molecule is O=C(Nc1ccc(F)cc1)NC1CCN(CCC(Oc2ccc(C(F)(F)F)cc2)c2cccs2)CC1. The highest BCUT2D eigenvalue weighted by Crippen LogP contribution is 2.33. The van der Waals surface area contributed by atoms with Crippen molar-refractivity contribution in [3.05, 3.63) is 82.3 Å². The Morgan fingerprint density at radius 2 is 1.75 bits per heavy atom. The summed E-state index contributed by atoms with van der Waals surface area (Å²) in [6.45, 7) is 2.37. The van der Waals surface area contributed by atoms with Gasteiger partial charge in [0.05, 0.1) is 5.56 Å². The number of piperidine rings is 1. The summed E-state index contributed by atoms with van der Waals surface area (Å²) in [5, 5.41) is 7.63. The van der Waals surface area contributed by atoms with Crippen molar-refractivity contribution >= 4 is 23.1 Å². The smallest absolute Gasteiger partial charge is 0.416 e. The van der Waals surface area contributed by atoms with Crippen LogP contribution in [0.25, 0.3) is 0 Å². The van der Waals surface area contributed by atoms with E-state index in [1.807, 2.05) is 17.5 Å². The summed E-state index contributed by atoms with van der Waals surface area (Å²) in [5.74, 6) is 0.0379. The number of ether oxygens (including phenoxy) is 1. The summed E-state index contributed by atoms with van der Waals surface area (Å²) in [4.78, 5) is 15.6. The van der Waals surface area contributed by atoms with E-state index < -0.39 is 11.7 Å². The predicted octanol–water partition coefficient (Wildman–Crippen LogP) is 6.70. The number of amides is 2. The number of alkyl halides is 3. The Labute approximate surface area is 211 Å². The quantitative estimate of drug-likeness (QED) is 0.324. The van der Waals surface area contributed by atoms with Gasteiger partial charge in [0, 0.05) is 42.7 Å². The van der Waals surface area contributed by atoms with Crippen LogP contribution < -0.4 is 15.4 Å². The van der Waals surface area contributed by atoms with E-state index >= 15 is 0 Å². The molecule has 1 unspecified atom stereocenters. The van der Waals surface area contributed by atoms with Crippen LogP contribution in [0, 0.1) is 5.82 Å². The average molecular weight is 522 g/mol. The monoisotopic (exact) mass is 521 g/mol. The van der Waals surface area contributed by atoms with Gasteiger partial charge in [0.15, 0.2) is 0 Å². The zero-order valence-electron chi connectivity index (χ0n) is 19.4. The molecule has 10 heteroatoms. The van der Waals surface area contributed by atoms with Crippen molar-refractivity contribution in [1.82, 2.24) is 10.2 Å². The molecule has 0 bridgehead atoms. The molecule has 1 aliphatic rings. The maximum Gasteiger partial charge on any atom is 0.416 e. The fraction of sp³-hybridized carbons (Fsp3) is 0.346. The lowest BCUT2D eigenvalue weighted by molar-refractivity contribution is -0.137. The Hall–Kier alpha value is -3.11. The third kappa shape index (κ3) is 7.44. The predicted molar refractivity (Wildman–Crippen MR) is 132 cm³/mol. The van der Waals surface area contributed by atoms with Crippen LogP contribution in [0.1, 0.15) is 35.8 Å². The Bertz CT molecular complexity index is 1100. The molecule has 5 nitrogen and oxygen atoms in total. The van der Waals surface area contributed by atoms with Crippen molar-refractivity contribution in [3.63, 3.8) is 0 Å². The van der Waals surface area contributed by atoms with Gasteiger partial charge in [-0.05, 0) is 72.8 Å². The highest BCUT2D eigenvalue weighted by atomic mass is 32.1. The Morgan fingerprint density at radius 1 is 1.06 bits per heavy atom. The van der Waals surface area contributed by atoms with Gasteiger partial charge in [-0.1, -0.05) is 6.07 Å². The minimum Gasteiger partial charge on any atom is -0.485 e. The molecule has 192 valence electrons. The molecule has 2 N–H and O–H groups in total. The van der Waals surface area contributed by atoms with Crippen LogP contribution in [0.2, 0.25) is 0 Å². The molecule has 0 aliphatic carbocycles. The molecular formula is C26H27F4N3O2S. The van der Waals surface area contributed by atoms with Crippen LogP contribution in [0.3, 0.4) is 0 Å². The summed E-state index contributed by atoms with van der Waals surface area (Å²) in [5.41, 5.74) is -0.177. The second kappa shape index (κ2) is 11.7. The zero-order valence-corrected chi connectivity index (χ0v) is 20.2. The van der Waals surface area contributed by atoms with Crippen LogP contribution in [-0.4, -0.2) is 36.6 Å². The molecule has 1 atom stereocenters. The largest absolute Gasteiger partial charge is 0.485 e. The first-order valence-electron chi connectivity index (χ1n) is 11.7. The van der Waals surface area contributed by atoms with Crippen molar-refractivity contribution in [1.29, 1.82) is 0 Å². The first-order chi connectivity index (χ1) is 17.3. The van der Waals surface area contributed by atoms with E-state index in [2.05, 4.69) is 15.5 Å². The van der Waals surface area contributed by atoms with E-state index in [0.717, 1.165) is 49.5 Å². The van der Waals surface area contributed by atoms with Crippen LogP contribution in [0.15, 0.2) is 66.0 Å². The molecule has 1 saturated heterocycles. The van der Waals surface area contributed by atoms with Crippen LogP contribution >= 0.6 is 11.3 Å². The van der Waals surface area contributed by atoms with Gasteiger partial charge in [-0.25, -0.2) is 9.18 Å². The molecule has 1 fully saturated rings. The molecule has 4 rings (SSSR count). The Kier molecular flexibility index (Phi) is 8.48. The molecule has 0 saturated carbocycles. The van der Waals surface area contributed by atoms with Crippen molar-refractivity contribution in [2.45, 2.75) is 37.6 Å². The number of thiophene rings is 1. The normalized spacial score (nSPS) is 15.9. The zero-order chi connectivity index (χ0) is 25.5. The van der Waals surface area contributed by atoms with Crippen molar-refractivity contribution in [2.75, 3.05) is 25.0 Å². The van der Waals surface area contributed by atoms with Gasteiger partial charge in [-0.3, -0.25) is 0 Å². The van der Waals surface area contributed by atoms with E-state index in [9.17, 15) is 22.4 Å². The number of nitrogens with one attached hydrogen (secondary N) is 2. The standard InChI is InChI=1S/C26H27F4N3O2S/c27-19-5-7-20(8-6-19)31-25(34)32-21-11-14-33(15-12-21)16-13-23(24-2-1-17-36-24)35-22-9-3-18(4-10-22)26(28,29)30/h1-10,17,21,23H,11-16H2,(H2,31,32,34). The third-order valence-corrected chi connectivity index (χ3v) is 7.02. The van der Waals surface area contributed by atoms with E-state index in [4.69, 9.17) is 4.74 Å². The number of benzene rings is 2. The van der Waals surface area contributed by atoms with Gasteiger partial charge in [0.25, 0.3) is 0 Å². The fourth-order valence-corrected chi connectivity index (χ4v) is 4.90. The molecular weight excluding hydrogens is 494 g/mol. The van der Waals surface area contributed by atoms with Crippen molar-refractivity contribution in [3.8, 4) is 5.75 Å². The van der Waals surface area contributed by atoms with Crippen LogP contribution in [0.4, 0.5) is 28.0 Å². The van der Waals surface area contributed by atoms with Crippen molar-refractivity contribution < 1.29 is 27.1 Å². The topological polar surface area (TPSA) is 53.6 Å². The fourth-order valence-electron chi connectivity index (χ4n) is 4.11. The summed E-state index contributed by atoms with van der Waals surface area (Å²) in [6, 6.07) is 14.0. The number of nitrogens with zero attached hydrogens (tertiary/aromatic N) is 1. The average Bonchev–Trinajstić information content (AvgIpc) is 3.39. The first kappa shape index (κ1) is 26.0.